The maximum Gasteiger partial charge on any atom is 0.263 e. The van der Waals surface area contributed by atoms with E-state index in [1.165, 1.54) is 0 Å². The first-order valence-electron chi connectivity index (χ1n) is 11.9. The summed E-state index contributed by atoms with van der Waals surface area (Å²) in [5.41, 5.74) is 2.41. The van der Waals surface area contributed by atoms with Gasteiger partial charge in [0.1, 0.15) is 12.6 Å². The van der Waals surface area contributed by atoms with E-state index < -0.39 is 8.07 Å². The Morgan fingerprint density at radius 2 is 2.03 bits per heavy atom. The minimum atomic E-state index is -1.20. The number of rotatable bonds is 10. The Bertz CT molecular complexity index is 1140. The number of fused-ring (bicyclic) bond motifs is 1. The lowest BCUT2D eigenvalue weighted by molar-refractivity contribution is 0.0827. The lowest BCUT2D eigenvalue weighted by atomic mass is 10.2. The molecule has 0 aliphatic carbocycles. The van der Waals surface area contributed by atoms with Gasteiger partial charge in [0.05, 0.1) is 28.5 Å². The fourth-order valence-electron chi connectivity index (χ4n) is 3.76. The third-order valence-corrected chi connectivity index (χ3v) is 8.89. The predicted molar refractivity (Wildman–Crippen MR) is 143 cm³/mol. The average Bonchev–Trinajstić information content (AvgIpc) is 2.82. The third-order valence-electron chi connectivity index (χ3n) is 5.82. The zero-order chi connectivity index (χ0) is 24.0. The van der Waals surface area contributed by atoms with Crippen molar-refractivity contribution in [2.45, 2.75) is 56.3 Å². The molecule has 7 nitrogen and oxygen atoms in total. The smallest absolute Gasteiger partial charge is 0.263 e. The lowest BCUT2D eigenvalue weighted by Gasteiger charge is -2.22. The summed E-state index contributed by atoms with van der Waals surface area (Å²) in [7, 11) is -1.20. The van der Waals surface area contributed by atoms with Crippen molar-refractivity contribution in [3.63, 3.8) is 0 Å². The Balaban J connectivity index is 1.59. The van der Waals surface area contributed by atoms with Crippen LogP contribution < -0.4 is 10.9 Å². The number of ether oxygens (including phenoxy) is 2. The average molecular weight is 499 g/mol. The monoisotopic (exact) mass is 498 g/mol. The molecule has 1 aliphatic rings. The quantitative estimate of drug-likeness (QED) is 0.302. The molecule has 0 amide bonds. The van der Waals surface area contributed by atoms with Crippen LogP contribution in [0.4, 0.5) is 11.4 Å². The van der Waals surface area contributed by atoms with Crippen LogP contribution in [0.3, 0.4) is 0 Å². The standard InChI is InChI=1S/C25H34N4O3SSi/c1-34(2,3)14-13-32-18-29-24(17-33-21-8-11-31-12-9-21)28-23-15-19(6-7-22(23)25(29)30)27-20-5-4-10-26-16-20/h4-7,10,15-16,21,27H,8-9,11-14,17-18H2,1-3H3. The van der Waals surface area contributed by atoms with E-state index in [1.807, 2.05) is 42.1 Å². The van der Waals surface area contributed by atoms with Crippen molar-refractivity contribution in [3.8, 4) is 0 Å². The van der Waals surface area contributed by atoms with E-state index in [0.29, 0.717) is 28.5 Å². The van der Waals surface area contributed by atoms with Crippen LogP contribution >= 0.6 is 11.8 Å². The summed E-state index contributed by atoms with van der Waals surface area (Å²) in [4.78, 5) is 22.5. The predicted octanol–water partition coefficient (Wildman–Crippen LogP) is 5.26. The van der Waals surface area contributed by atoms with E-state index in [1.54, 1.807) is 17.0 Å². The van der Waals surface area contributed by atoms with Crippen LogP contribution in [0.1, 0.15) is 18.7 Å². The molecule has 34 heavy (non-hydrogen) atoms. The molecule has 1 aromatic carbocycles. The van der Waals surface area contributed by atoms with Gasteiger partial charge in [-0.1, -0.05) is 19.6 Å². The van der Waals surface area contributed by atoms with E-state index in [0.717, 1.165) is 49.3 Å². The summed E-state index contributed by atoms with van der Waals surface area (Å²) < 4.78 is 13.2. The zero-order valence-corrected chi connectivity index (χ0v) is 22.1. The van der Waals surface area contributed by atoms with Crippen LogP contribution in [0.5, 0.6) is 0 Å². The van der Waals surface area contributed by atoms with Crippen molar-refractivity contribution in [1.82, 2.24) is 14.5 Å². The van der Waals surface area contributed by atoms with Crippen molar-refractivity contribution < 1.29 is 9.47 Å². The number of thioether (sulfide) groups is 1. The molecule has 0 saturated carbocycles. The van der Waals surface area contributed by atoms with Crippen LogP contribution in [0, 0.1) is 0 Å². The first-order valence-corrected chi connectivity index (χ1v) is 16.6. The molecule has 0 atom stereocenters. The van der Waals surface area contributed by atoms with Gasteiger partial charge in [0.25, 0.3) is 5.56 Å². The Morgan fingerprint density at radius 1 is 1.21 bits per heavy atom. The summed E-state index contributed by atoms with van der Waals surface area (Å²) in [6.07, 6.45) is 5.58. The van der Waals surface area contributed by atoms with E-state index in [2.05, 4.69) is 29.9 Å². The maximum atomic E-state index is 13.5. The summed E-state index contributed by atoms with van der Waals surface area (Å²) in [5, 5.41) is 4.47. The van der Waals surface area contributed by atoms with Crippen molar-refractivity contribution in [2.24, 2.45) is 0 Å². The summed E-state index contributed by atoms with van der Waals surface area (Å²) >= 11 is 1.86. The molecule has 1 saturated heterocycles. The van der Waals surface area contributed by atoms with E-state index in [9.17, 15) is 4.79 Å². The van der Waals surface area contributed by atoms with Gasteiger partial charge in [-0.3, -0.25) is 14.3 Å². The molecule has 0 spiro atoms. The van der Waals surface area contributed by atoms with Gasteiger partial charge < -0.3 is 14.8 Å². The van der Waals surface area contributed by atoms with E-state index >= 15 is 0 Å². The van der Waals surface area contributed by atoms with Gasteiger partial charge in [0, 0.05) is 45.0 Å². The second-order valence-corrected chi connectivity index (χ2v) is 16.7. The van der Waals surface area contributed by atoms with Gasteiger partial charge in [-0.05, 0) is 49.2 Å². The fraction of sp³-hybridized carbons (Fsp3) is 0.480. The number of nitrogens with zero attached hydrogens (tertiary/aromatic N) is 3. The number of benzene rings is 1. The molecule has 1 N–H and O–H groups in total. The highest BCUT2D eigenvalue weighted by molar-refractivity contribution is 7.99. The highest BCUT2D eigenvalue weighted by Crippen LogP contribution is 2.26. The number of hydrogen-bond donors (Lipinski definition) is 1. The molecule has 1 aliphatic heterocycles. The number of pyridine rings is 1. The van der Waals surface area contributed by atoms with Crippen LogP contribution in [0.25, 0.3) is 10.9 Å². The van der Waals surface area contributed by atoms with E-state index in [4.69, 9.17) is 14.5 Å². The molecule has 0 unspecified atom stereocenters. The largest absolute Gasteiger partial charge is 0.381 e. The number of nitrogens with one attached hydrogen (secondary N) is 1. The fourth-order valence-corrected chi connectivity index (χ4v) is 5.65. The molecule has 4 rings (SSSR count). The molecule has 9 heteroatoms. The molecule has 182 valence electrons. The first kappa shape index (κ1) is 24.9. The topological polar surface area (TPSA) is 78.3 Å². The molecular formula is C25H34N4O3SSi. The van der Waals surface area contributed by atoms with Crippen molar-refractivity contribution in [2.75, 3.05) is 25.1 Å². The van der Waals surface area contributed by atoms with Crippen molar-refractivity contribution >= 4 is 42.1 Å². The van der Waals surface area contributed by atoms with Gasteiger partial charge in [-0.25, -0.2) is 4.98 Å². The minimum absolute atomic E-state index is 0.0477. The lowest BCUT2D eigenvalue weighted by Crippen LogP contribution is -2.28. The SMILES string of the molecule is C[Si](C)(C)CCOCn1c(CSC2CCOCC2)nc2cc(Nc3cccnc3)ccc2c1=O. The second-order valence-electron chi connectivity index (χ2n) is 9.83. The molecule has 2 aromatic heterocycles. The Morgan fingerprint density at radius 3 is 2.76 bits per heavy atom. The number of hydrogen-bond acceptors (Lipinski definition) is 7. The molecule has 0 bridgehead atoms. The van der Waals surface area contributed by atoms with Gasteiger partial charge in [-0.2, -0.15) is 11.8 Å². The van der Waals surface area contributed by atoms with Gasteiger partial charge in [0.15, 0.2) is 0 Å². The van der Waals surface area contributed by atoms with Crippen LogP contribution in [-0.4, -0.2) is 47.7 Å². The highest BCUT2D eigenvalue weighted by atomic mass is 32.2. The Kier molecular flexibility index (Phi) is 8.41. The summed E-state index contributed by atoms with van der Waals surface area (Å²) in [5.74, 6) is 1.44. The van der Waals surface area contributed by atoms with Crippen LogP contribution in [-0.2, 0) is 22.0 Å². The maximum absolute atomic E-state index is 13.5. The van der Waals surface area contributed by atoms with Gasteiger partial charge >= 0.3 is 0 Å². The number of anilines is 2. The Hall–Kier alpha value is -2.20. The van der Waals surface area contributed by atoms with Gasteiger partial charge in [-0.15, -0.1) is 0 Å². The normalized spacial score (nSPS) is 15.0. The number of aromatic nitrogens is 3. The van der Waals surface area contributed by atoms with Crippen LogP contribution in [0.2, 0.25) is 25.7 Å². The van der Waals surface area contributed by atoms with Crippen LogP contribution in [0.15, 0.2) is 47.5 Å². The van der Waals surface area contributed by atoms with Gasteiger partial charge in [0.2, 0.25) is 0 Å². The second kappa shape index (κ2) is 11.5. The highest BCUT2D eigenvalue weighted by Gasteiger charge is 2.18. The molecule has 3 heterocycles. The zero-order valence-electron chi connectivity index (χ0n) is 20.3. The molecule has 1 fully saturated rings. The molecule has 0 radical (unpaired) electrons. The summed E-state index contributed by atoms with van der Waals surface area (Å²) in [6, 6.07) is 10.6. The summed E-state index contributed by atoms with van der Waals surface area (Å²) in [6.45, 7) is 9.50. The van der Waals surface area contributed by atoms with E-state index in [-0.39, 0.29) is 12.3 Å². The first-order chi connectivity index (χ1) is 16.4. The minimum Gasteiger partial charge on any atom is -0.381 e. The Labute approximate surface area is 206 Å². The molecule has 3 aromatic rings. The molecular weight excluding hydrogens is 464 g/mol. The van der Waals surface area contributed by atoms with Crippen molar-refractivity contribution in [3.05, 3.63) is 58.9 Å². The van der Waals surface area contributed by atoms with Crippen molar-refractivity contribution in [1.29, 1.82) is 0 Å². The third kappa shape index (κ3) is 6.91.